The molecule has 1 rings (SSSR count). The van der Waals surface area contributed by atoms with E-state index in [4.69, 9.17) is 4.74 Å². The summed E-state index contributed by atoms with van der Waals surface area (Å²) >= 11 is 0. The smallest absolute Gasteiger partial charge is 0.119 e. The predicted molar refractivity (Wildman–Crippen MR) is 31.8 cm³/mol. The maximum absolute atomic E-state index is 9.17. The van der Waals surface area contributed by atoms with Crippen LogP contribution in [0.15, 0.2) is 0 Å². The average Bonchev–Trinajstić information content (AvgIpc) is 2.52. The fourth-order valence-electron chi connectivity index (χ4n) is 0.0962. The number of rotatable bonds is 1. The van der Waals surface area contributed by atoms with Crippen LogP contribution in [-0.4, -0.2) is 19.0 Å². The van der Waals surface area contributed by atoms with Gasteiger partial charge in [-0.3, -0.25) is 0 Å². The predicted octanol–water partition coefficient (Wildman–Crippen LogP) is 1.00. The van der Waals surface area contributed by atoms with Crippen molar-refractivity contribution in [2.75, 3.05) is 6.61 Å². The van der Waals surface area contributed by atoms with E-state index in [1.54, 1.807) is 0 Å². The van der Waals surface area contributed by atoms with Gasteiger partial charge in [0.15, 0.2) is 0 Å². The fourth-order valence-corrected chi connectivity index (χ4v) is 0.0962. The van der Waals surface area contributed by atoms with Crippen LogP contribution in [0.5, 0.6) is 0 Å². The first-order valence-corrected chi connectivity index (χ1v) is 2.86. The molecule has 1 fully saturated rings. The van der Waals surface area contributed by atoms with Crippen LogP contribution < -0.4 is 0 Å². The van der Waals surface area contributed by atoms with Crippen LogP contribution in [0, 0.1) is 0 Å². The van der Waals surface area contributed by atoms with Crippen LogP contribution in [0.1, 0.15) is 20.3 Å². The Hall–Kier alpha value is -0.370. The van der Waals surface area contributed by atoms with Crippen molar-refractivity contribution < 1.29 is 9.53 Å². The minimum atomic E-state index is 0.583. The van der Waals surface area contributed by atoms with Crippen molar-refractivity contribution in [1.29, 1.82) is 0 Å². The third-order valence-corrected chi connectivity index (χ3v) is 0.667. The number of carbonyl (C=O) groups is 1. The van der Waals surface area contributed by atoms with Gasteiger partial charge in [-0.2, -0.15) is 0 Å². The summed E-state index contributed by atoms with van der Waals surface area (Å²) in [6.07, 6.45) is 2.10. The van der Waals surface area contributed by atoms with E-state index in [-0.39, 0.29) is 0 Å². The molecule has 0 amide bonds. The number of carbonyl (C=O) groups excluding carboxylic acids is 1. The van der Waals surface area contributed by atoms with E-state index in [1.165, 1.54) is 0 Å². The van der Waals surface area contributed by atoms with Crippen LogP contribution in [0.4, 0.5) is 0 Å². The Morgan fingerprint density at radius 1 is 1.88 bits per heavy atom. The highest BCUT2D eigenvalue weighted by Gasteiger charge is 2.13. The molecule has 48 valence electrons. The molecular weight excluding hydrogens is 104 g/mol. The van der Waals surface area contributed by atoms with Gasteiger partial charge in [-0.05, 0) is 6.92 Å². The van der Waals surface area contributed by atoms with Gasteiger partial charge < -0.3 is 9.53 Å². The first-order chi connectivity index (χ1) is 3.81. The lowest BCUT2D eigenvalue weighted by molar-refractivity contribution is -0.107. The summed E-state index contributed by atoms with van der Waals surface area (Å²) < 4.78 is 4.71. The number of epoxide rings is 1. The third kappa shape index (κ3) is 9.16. The second kappa shape index (κ2) is 4.78. The first-order valence-electron chi connectivity index (χ1n) is 2.86. The lowest BCUT2D eigenvalue weighted by Gasteiger charge is -1.51. The van der Waals surface area contributed by atoms with Gasteiger partial charge in [-0.1, -0.05) is 6.92 Å². The molecule has 1 aliphatic rings. The number of hydrogen-bond acceptors (Lipinski definition) is 2. The summed E-state index contributed by atoms with van der Waals surface area (Å²) in [5.41, 5.74) is 0. The molecule has 1 atom stereocenters. The van der Waals surface area contributed by atoms with Crippen LogP contribution in [-0.2, 0) is 9.53 Å². The Kier molecular flexibility index (Phi) is 4.56. The van der Waals surface area contributed by atoms with Gasteiger partial charge in [-0.15, -0.1) is 0 Å². The molecule has 1 unspecified atom stereocenters. The molecule has 0 aromatic heterocycles. The summed E-state index contributed by atoms with van der Waals surface area (Å²) in [4.78, 5) is 9.17. The molecule has 0 aromatic carbocycles. The van der Waals surface area contributed by atoms with E-state index in [2.05, 4.69) is 6.92 Å². The van der Waals surface area contributed by atoms with Crippen molar-refractivity contribution in [2.45, 2.75) is 26.4 Å². The first kappa shape index (κ1) is 7.63. The molecule has 1 saturated heterocycles. The van der Waals surface area contributed by atoms with Crippen LogP contribution in [0.3, 0.4) is 0 Å². The monoisotopic (exact) mass is 116 g/mol. The van der Waals surface area contributed by atoms with Gasteiger partial charge >= 0.3 is 0 Å². The van der Waals surface area contributed by atoms with E-state index in [9.17, 15) is 4.79 Å². The number of hydrogen-bond donors (Lipinski definition) is 0. The zero-order valence-corrected chi connectivity index (χ0v) is 5.39. The SMILES string of the molecule is CC1CO1.CCC=O. The second-order valence-electron chi connectivity index (χ2n) is 1.72. The molecule has 0 N–H and O–H groups in total. The van der Waals surface area contributed by atoms with Gasteiger partial charge in [0.05, 0.1) is 12.7 Å². The average molecular weight is 116 g/mol. The van der Waals surface area contributed by atoms with Gasteiger partial charge in [-0.25, -0.2) is 0 Å². The Morgan fingerprint density at radius 2 is 2.12 bits per heavy atom. The Labute approximate surface area is 49.8 Å². The minimum Gasteiger partial charge on any atom is -0.373 e. The highest BCUT2D eigenvalue weighted by Crippen LogP contribution is 2.04. The highest BCUT2D eigenvalue weighted by molar-refractivity contribution is 5.48. The molecule has 0 aromatic rings. The van der Waals surface area contributed by atoms with E-state index in [1.807, 2.05) is 6.92 Å². The molecule has 0 saturated carbocycles. The van der Waals surface area contributed by atoms with Crippen LogP contribution in [0.25, 0.3) is 0 Å². The summed E-state index contributed by atoms with van der Waals surface area (Å²) in [5, 5.41) is 0. The Bertz CT molecular complexity index is 57.5. The van der Waals surface area contributed by atoms with E-state index < -0.39 is 0 Å². The third-order valence-electron chi connectivity index (χ3n) is 0.667. The van der Waals surface area contributed by atoms with Gasteiger partial charge in [0.2, 0.25) is 0 Å². The second-order valence-corrected chi connectivity index (χ2v) is 1.72. The standard InChI is InChI=1S/2C3H6O/c1-3-2-4-3;1-2-3-4/h2*3H,2H2,1H3. The fraction of sp³-hybridized carbons (Fsp3) is 0.833. The van der Waals surface area contributed by atoms with E-state index in [0.29, 0.717) is 12.5 Å². The summed E-state index contributed by atoms with van der Waals surface area (Å²) in [5.74, 6) is 0. The summed E-state index contributed by atoms with van der Waals surface area (Å²) in [6, 6.07) is 0. The topological polar surface area (TPSA) is 29.6 Å². The lowest BCUT2D eigenvalue weighted by Crippen LogP contribution is -1.60. The molecule has 2 heteroatoms. The van der Waals surface area contributed by atoms with Crippen molar-refractivity contribution in [2.24, 2.45) is 0 Å². The van der Waals surface area contributed by atoms with Gasteiger partial charge in [0.1, 0.15) is 6.29 Å². The molecule has 8 heavy (non-hydrogen) atoms. The zero-order chi connectivity index (χ0) is 6.41. The maximum atomic E-state index is 9.17. The Morgan fingerprint density at radius 3 is 2.12 bits per heavy atom. The Balaban J connectivity index is 0.000000122. The molecular formula is C6H12O2. The maximum Gasteiger partial charge on any atom is 0.119 e. The van der Waals surface area contributed by atoms with E-state index >= 15 is 0 Å². The van der Waals surface area contributed by atoms with Gasteiger partial charge in [0, 0.05) is 6.42 Å². The molecule has 1 heterocycles. The minimum absolute atomic E-state index is 0.583. The summed E-state index contributed by atoms with van der Waals surface area (Å²) in [7, 11) is 0. The van der Waals surface area contributed by atoms with Crippen molar-refractivity contribution >= 4 is 6.29 Å². The lowest BCUT2D eigenvalue weighted by atomic mass is 10.6. The van der Waals surface area contributed by atoms with Crippen molar-refractivity contribution in [3.05, 3.63) is 0 Å². The van der Waals surface area contributed by atoms with Crippen molar-refractivity contribution in [3.8, 4) is 0 Å². The number of ether oxygens (including phenoxy) is 1. The molecule has 2 nitrogen and oxygen atoms in total. The quantitative estimate of drug-likeness (QED) is 0.378. The van der Waals surface area contributed by atoms with Crippen molar-refractivity contribution in [1.82, 2.24) is 0 Å². The molecule has 0 radical (unpaired) electrons. The van der Waals surface area contributed by atoms with Crippen LogP contribution >= 0.6 is 0 Å². The summed E-state index contributed by atoms with van der Waals surface area (Å²) in [6.45, 7) is 4.85. The largest absolute Gasteiger partial charge is 0.373 e. The van der Waals surface area contributed by atoms with Crippen molar-refractivity contribution in [3.63, 3.8) is 0 Å². The number of aldehydes is 1. The molecule has 0 spiro atoms. The normalized spacial score (nSPS) is 23.0. The van der Waals surface area contributed by atoms with Gasteiger partial charge in [0.25, 0.3) is 0 Å². The molecule has 1 aliphatic heterocycles. The van der Waals surface area contributed by atoms with E-state index in [0.717, 1.165) is 12.9 Å². The highest BCUT2D eigenvalue weighted by atomic mass is 16.6. The van der Waals surface area contributed by atoms with Crippen LogP contribution in [0.2, 0.25) is 0 Å². The zero-order valence-electron chi connectivity index (χ0n) is 5.39. The molecule has 0 bridgehead atoms. The molecule has 0 aliphatic carbocycles.